The average Bonchev–Trinajstić information content (AvgIpc) is 2.29. The topological polar surface area (TPSA) is 23.5 Å². The standard InChI is InChI=1S/C9H10FNO/c1-11-5-6-3-2-4-7(10)8(6)9(11)12/h2-4,9,12H,5H2,1H3. The van der Waals surface area contributed by atoms with E-state index in [0.29, 0.717) is 12.1 Å². The molecule has 0 bridgehead atoms. The third kappa shape index (κ3) is 0.940. The van der Waals surface area contributed by atoms with Crippen LogP contribution in [0.1, 0.15) is 17.4 Å². The Kier molecular flexibility index (Phi) is 1.63. The number of hydrogen-bond donors (Lipinski definition) is 1. The maximum absolute atomic E-state index is 13.1. The van der Waals surface area contributed by atoms with Gasteiger partial charge in [0.25, 0.3) is 0 Å². The molecule has 1 aromatic carbocycles. The van der Waals surface area contributed by atoms with E-state index in [1.807, 2.05) is 6.07 Å². The molecule has 2 rings (SSSR count). The molecule has 0 spiro atoms. The van der Waals surface area contributed by atoms with Gasteiger partial charge in [-0.25, -0.2) is 4.39 Å². The van der Waals surface area contributed by atoms with Crippen LogP contribution in [-0.4, -0.2) is 17.1 Å². The number of benzene rings is 1. The van der Waals surface area contributed by atoms with Gasteiger partial charge in [0.2, 0.25) is 0 Å². The number of aliphatic hydroxyl groups excluding tert-OH is 1. The molecular weight excluding hydrogens is 157 g/mol. The van der Waals surface area contributed by atoms with Gasteiger partial charge in [-0.05, 0) is 18.7 Å². The summed E-state index contributed by atoms with van der Waals surface area (Å²) in [6.07, 6.45) is -0.777. The normalized spacial score (nSPS) is 22.8. The van der Waals surface area contributed by atoms with Crippen molar-refractivity contribution in [3.63, 3.8) is 0 Å². The van der Waals surface area contributed by atoms with Crippen molar-refractivity contribution in [2.75, 3.05) is 7.05 Å². The second kappa shape index (κ2) is 2.54. The molecule has 3 heteroatoms. The van der Waals surface area contributed by atoms with Gasteiger partial charge in [0.1, 0.15) is 12.0 Å². The van der Waals surface area contributed by atoms with Gasteiger partial charge in [0.05, 0.1) is 0 Å². The van der Waals surface area contributed by atoms with Gasteiger partial charge < -0.3 is 5.11 Å². The molecule has 0 fully saturated rings. The van der Waals surface area contributed by atoms with E-state index in [0.717, 1.165) is 5.56 Å². The van der Waals surface area contributed by atoms with E-state index in [-0.39, 0.29) is 5.82 Å². The molecule has 2 nitrogen and oxygen atoms in total. The Bertz CT molecular complexity index is 313. The Morgan fingerprint density at radius 3 is 3.00 bits per heavy atom. The molecular formula is C9H10FNO. The highest BCUT2D eigenvalue weighted by Gasteiger charge is 2.27. The molecule has 12 heavy (non-hydrogen) atoms. The molecule has 1 aliphatic heterocycles. The lowest BCUT2D eigenvalue weighted by molar-refractivity contribution is 0.0314. The molecule has 1 aliphatic rings. The number of aliphatic hydroxyl groups is 1. The van der Waals surface area contributed by atoms with Crippen LogP contribution in [-0.2, 0) is 6.54 Å². The van der Waals surface area contributed by atoms with Crippen LogP contribution >= 0.6 is 0 Å². The summed E-state index contributed by atoms with van der Waals surface area (Å²) >= 11 is 0. The Morgan fingerprint density at radius 2 is 2.33 bits per heavy atom. The monoisotopic (exact) mass is 167 g/mol. The largest absolute Gasteiger partial charge is 0.374 e. The highest BCUT2D eigenvalue weighted by molar-refractivity contribution is 5.33. The van der Waals surface area contributed by atoms with Crippen LogP contribution in [0.25, 0.3) is 0 Å². The highest BCUT2D eigenvalue weighted by Crippen LogP contribution is 2.31. The Morgan fingerprint density at radius 1 is 1.58 bits per heavy atom. The summed E-state index contributed by atoms with van der Waals surface area (Å²) in [6.45, 7) is 0.619. The fourth-order valence-corrected chi connectivity index (χ4v) is 1.58. The van der Waals surface area contributed by atoms with E-state index in [4.69, 9.17) is 0 Å². The summed E-state index contributed by atoms with van der Waals surface area (Å²) in [5, 5.41) is 9.52. The minimum atomic E-state index is -0.777. The minimum absolute atomic E-state index is 0.315. The van der Waals surface area contributed by atoms with Gasteiger partial charge in [-0.1, -0.05) is 12.1 Å². The van der Waals surface area contributed by atoms with E-state index in [1.54, 1.807) is 18.0 Å². The molecule has 0 saturated carbocycles. The van der Waals surface area contributed by atoms with Crippen LogP contribution < -0.4 is 0 Å². The van der Waals surface area contributed by atoms with Crippen molar-refractivity contribution in [1.82, 2.24) is 4.90 Å². The second-order valence-electron chi connectivity index (χ2n) is 3.10. The van der Waals surface area contributed by atoms with Crippen molar-refractivity contribution in [3.8, 4) is 0 Å². The third-order valence-corrected chi connectivity index (χ3v) is 2.24. The summed E-state index contributed by atoms with van der Waals surface area (Å²) in [6, 6.07) is 4.88. The van der Waals surface area contributed by atoms with Gasteiger partial charge in [0.15, 0.2) is 0 Å². The first-order chi connectivity index (χ1) is 5.70. The lowest BCUT2D eigenvalue weighted by Gasteiger charge is -2.13. The molecule has 0 aliphatic carbocycles. The van der Waals surface area contributed by atoms with Gasteiger partial charge in [0, 0.05) is 12.1 Å². The molecule has 0 amide bonds. The molecule has 0 saturated heterocycles. The van der Waals surface area contributed by atoms with Gasteiger partial charge in [-0.3, -0.25) is 4.90 Å². The molecule has 1 heterocycles. The zero-order valence-electron chi connectivity index (χ0n) is 6.79. The Balaban J connectivity index is 2.55. The van der Waals surface area contributed by atoms with Crippen molar-refractivity contribution in [2.24, 2.45) is 0 Å². The molecule has 64 valence electrons. The SMILES string of the molecule is CN1Cc2cccc(F)c2C1O. The van der Waals surface area contributed by atoms with Crippen molar-refractivity contribution < 1.29 is 9.50 Å². The van der Waals surface area contributed by atoms with Crippen LogP contribution in [0.15, 0.2) is 18.2 Å². The lowest BCUT2D eigenvalue weighted by Crippen LogP contribution is -2.15. The van der Waals surface area contributed by atoms with Crippen LogP contribution in [0, 0.1) is 5.82 Å². The van der Waals surface area contributed by atoms with E-state index in [9.17, 15) is 9.50 Å². The fourth-order valence-electron chi connectivity index (χ4n) is 1.58. The van der Waals surface area contributed by atoms with Crippen LogP contribution in [0.4, 0.5) is 4.39 Å². The maximum atomic E-state index is 13.1. The first-order valence-corrected chi connectivity index (χ1v) is 3.86. The van der Waals surface area contributed by atoms with Crippen LogP contribution in [0.3, 0.4) is 0 Å². The molecule has 1 aromatic rings. The summed E-state index contributed by atoms with van der Waals surface area (Å²) in [4.78, 5) is 1.70. The van der Waals surface area contributed by atoms with E-state index < -0.39 is 6.23 Å². The predicted octanol–water partition coefficient (Wildman–Crippen LogP) is 1.26. The summed E-state index contributed by atoms with van der Waals surface area (Å²) < 4.78 is 13.1. The van der Waals surface area contributed by atoms with Crippen LogP contribution in [0.2, 0.25) is 0 Å². The second-order valence-corrected chi connectivity index (χ2v) is 3.10. The van der Waals surface area contributed by atoms with Gasteiger partial charge in [-0.2, -0.15) is 0 Å². The minimum Gasteiger partial charge on any atom is -0.374 e. The Hall–Kier alpha value is -0.930. The van der Waals surface area contributed by atoms with E-state index in [2.05, 4.69) is 0 Å². The first kappa shape index (κ1) is 7.71. The molecule has 0 radical (unpaired) electrons. The smallest absolute Gasteiger partial charge is 0.136 e. The average molecular weight is 167 g/mol. The predicted molar refractivity (Wildman–Crippen MR) is 42.8 cm³/mol. The quantitative estimate of drug-likeness (QED) is 0.628. The van der Waals surface area contributed by atoms with Crippen LogP contribution in [0.5, 0.6) is 0 Å². The molecule has 1 N–H and O–H groups in total. The van der Waals surface area contributed by atoms with Crippen molar-refractivity contribution in [2.45, 2.75) is 12.8 Å². The summed E-state index contributed by atoms with van der Waals surface area (Å²) in [5.41, 5.74) is 1.31. The van der Waals surface area contributed by atoms with Crippen molar-refractivity contribution in [1.29, 1.82) is 0 Å². The number of hydrogen-bond acceptors (Lipinski definition) is 2. The van der Waals surface area contributed by atoms with Crippen molar-refractivity contribution in [3.05, 3.63) is 35.1 Å². The highest BCUT2D eigenvalue weighted by atomic mass is 19.1. The molecule has 1 atom stereocenters. The summed E-state index contributed by atoms with van der Waals surface area (Å²) in [5.74, 6) is -0.315. The zero-order chi connectivity index (χ0) is 8.72. The van der Waals surface area contributed by atoms with Gasteiger partial charge in [-0.15, -0.1) is 0 Å². The first-order valence-electron chi connectivity index (χ1n) is 3.86. The third-order valence-electron chi connectivity index (χ3n) is 2.24. The number of halogens is 1. The molecule has 1 unspecified atom stereocenters. The number of rotatable bonds is 0. The van der Waals surface area contributed by atoms with E-state index in [1.165, 1.54) is 6.07 Å². The van der Waals surface area contributed by atoms with Gasteiger partial charge >= 0.3 is 0 Å². The number of nitrogens with zero attached hydrogens (tertiary/aromatic N) is 1. The van der Waals surface area contributed by atoms with E-state index >= 15 is 0 Å². The Labute approximate surface area is 70.2 Å². The van der Waals surface area contributed by atoms with Crippen molar-refractivity contribution >= 4 is 0 Å². The fraction of sp³-hybridized carbons (Fsp3) is 0.333. The number of fused-ring (bicyclic) bond motifs is 1. The lowest BCUT2D eigenvalue weighted by atomic mass is 10.1. The summed E-state index contributed by atoms with van der Waals surface area (Å²) in [7, 11) is 1.77. The maximum Gasteiger partial charge on any atom is 0.136 e. The zero-order valence-corrected chi connectivity index (χ0v) is 6.79. The molecule has 0 aromatic heterocycles.